The minimum absolute atomic E-state index is 0.271. The van der Waals surface area contributed by atoms with Crippen LogP contribution < -0.4 is 10.6 Å². The van der Waals surface area contributed by atoms with Crippen molar-refractivity contribution in [3.63, 3.8) is 0 Å². The van der Waals surface area contributed by atoms with E-state index in [-0.39, 0.29) is 6.54 Å². The van der Waals surface area contributed by atoms with Crippen LogP contribution in [0.3, 0.4) is 0 Å². The van der Waals surface area contributed by atoms with Crippen LogP contribution in [0.2, 0.25) is 0 Å². The van der Waals surface area contributed by atoms with Crippen molar-refractivity contribution in [3.05, 3.63) is 0 Å². The van der Waals surface area contributed by atoms with Gasteiger partial charge < -0.3 is 15.7 Å². The highest BCUT2D eigenvalue weighted by Crippen LogP contribution is 2.05. The minimum atomic E-state index is -3.98. The van der Waals surface area contributed by atoms with Crippen LogP contribution in [0.4, 0.5) is 0 Å². The Morgan fingerprint density at radius 3 is 2.16 bits per heavy atom. The minimum Gasteiger partial charge on any atom is -0.480 e. The van der Waals surface area contributed by atoms with Gasteiger partial charge in [0.2, 0.25) is 11.8 Å². The maximum absolute atomic E-state index is 11.9. The Morgan fingerprint density at radius 2 is 1.79 bits per heavy atom. The molecule has 0 aliphatic heterocycles. The predicted octanol–water partition coefficient (Wildman–Crippen LogP) is -1.48. The molecule has 0 radical (unpaired) electrons. The van der Waals surface area contributed by atoms with E-state index in [1.165, 1.54) is 6.92 Å². The molecule has 0 aliphatic rings. The van der Waals surface area contributed by atoms with E-state index in [9.17, 15) is 22.8 Å². The van der Waals surface area contributed by atoms with Crippen LogP contribution in [0.5, 0.6) is 0 Å². The van der Waals surface area contributed by atoms with E-state index >= 15 is 0 Å². The summed E-state index contributed by atoms with van der Waals surface area (Å²) >= 11 is 0. The van der Waals surface area contributed by atoms with Gasteiger partial charge in [0, 0.05) is 13.5 Å². The fourth-order valence-electron chi connectivity index (χ4n) is 1.28. The molecule has 9 heteroatoms. The predicted molar refractivity (Wildman–Crippen MR) is 67.2 cm³/mol. The van der Waals surface area contributed by atoms with E-state index in [4.69, 9.17) is 5.11 Å². The Bertz CT molecular complexity index is 459. The Balaban J connectivity index is 4.95. The number of carboxylic acid groups (broad SMARTS) is 1. The number of rotatable bonds is 7. The van der Waals surface area contributed by atoms with E-state index in [2.05, 4.69) is 5.32 Å². The molecule has 110 valence electrons. The highest BCUT2D eigenvalue weighted by atomic mass is 32.2. The van der Waals surface area contributed by atoms with Gasteiger partial charge in [-0.3, -0.25) is 9.59 Å². The number of carbonyl (C=O) groups excluding carboxylic acids is 2. The molecule has 0 heterocycles. The molecule has 0 aromatic heterocycles. The summed E-state index contributed by atoms with van der Waals surface area (Å²) < 4.78 is 23.7. The third-order valence-corrected chi connectivity index (χ3v) is 4.42. The lowest BCUT2D eigenvalue weighted by molar-refractivity contribution is -0.140. The quantitative estimate of drug-likeness (QED) is 0.525. The number of aliphatic carboxylic acids is 1. The number of carbonyl (C=O) groups is 3. The van der Waals surface area contributed by atoms with Gasteiger partial charge in [0.25, 0.3) is 0 Å². The molecule has 2 unspecified atom stereocenters. The Morgan fingerprint density at radius 1 is 1.26 bits per heavy atom. The SMILES string of the molecule is CCNC(=O)C(C)S(=O)(=O)CC(NC(C)=O)C(=O)O. The molecule has 0 rings (SSSR count). The molecule has 19 heavy (non-hydrogen) atoms. The van der Waals surface area contributed by atoms with E-state index in [0.717, 1.165) is 6.92 Å². The number of sulfone groups is 1. The van der Waals surface area contributed by atoms with Crippen molar-refractivity contribution in [1.29, 1.82) is 0 Å². The van der Waals surface area contributed by atoms with Crippen molar-refractivity contribution in [2.75, 3.05) is 12.3 Å². The molecule has 0 aliphatic carbocycles. The second kappa shape index (κ2) is 7.07. The van der Waals surface area contributed by atoms with Crippen LogP contribution in [-0.2, 0) is 24.2 Å². The number of carboxylic acids is 1. The van der Waals surface area contributed by atoms with Gasteiger partial charge in [-0.2, -0.15) is 0 Å². The zero-order valence-electron chi connectivity index (χ0n) is 11.0. The van der Waals surface area contributed by atoms with Gasteiger partial charge in [-0.15, -0.1) is 0 Å². The van der Waals surface area contributed by atoms with Gasteiger partial charge in [-0.25, -0.2) is 13.2 Å². The van der Waals surface area contributed by atoms with E-state index < -0.39 is 44.7 Å². The molecule has 2 amide bonds. The molecule has 0 fully saturated rings. The summed E-state index contributed by atoms with van der Waals surface area (Å²) in [6.07, 6.45) is 0. The van der Waals surface area contributed by atoms with Gasteiger partial charge >= 0.3 is 5.97 Å². The monoisotopic (exact) mass is 294 g/mol. The molecule has 0 saturated heterocycles. The normalized spacial score (nSPS) is 14.3. The summed E-state index contributed by atoms with van der Waals surface area (Å²) in [6, 6.07) is -1.57. The molecule has 0 aromatic carbocycles. The molecule has 2 atom stereocenters. The van der Waals surface area contributed by atoms with Crippen molar-refractivity contribution in [2.45, 2.75) is 32.1 Å². The Hall–Kier alpha value is -1.64. The second-order valence-electron chi connectivity index (χ2n) is 3.96. The van der Waals surface area contributed by atoms with Crippen LogP contribution in [0.15, 0.2) is 0 Å². The average molecular weight is 294 g/mol. The third kappa shape index (κ3) is 5.69. The van der Waals surface area contributed by atoms with Crippen molar-refractivity contribution in [1.82, 2.24) is 10.6 Å². The lowest BCUT2D eigenvalue weighted by Gasteiger charge is -2.17. The summed E-state index contributed by atoms with van der Waals surface area (Å²) in [5.41, 5.74) is 0. The van der Waals surface area contributed by atoms with E-state index in [0.29, 0.717) is 0 Å². The molecule has 8 nitrogen and oxygen atoms in total. The molecular formula is C10H18N2O6S. The maximum atomic E-state index is 11.9. The number of nitrogens with one attached hydrogen (secondary N) is 2. The molecule has 0 saturated carbocycles. The van der Waals surface area contributed by atoms with Gasteiger partial charge in [-0.05, 0) is 13.8 Å². The number of hydrogen-bond acceptors (Lipinski definition) is 5. The van der Waals surface area contributed by atoms with Gasteiger partial charge in [0.05, 0.1) is 5.75 Å². The van der Waals surface area contributed by atoms with Crippen LogP contribution >= 0.6 is 0 Å². The summed E-state index contributed by atoms with van der Waals surface area (Å²) in [7, 11) is -3.98. The smallest absolute Gasteiger partial charge is 0.327 e. The fraction of sp³-hybridized carbons (Fsp3) is 0.700. The Labute approximate surface area is 111 Å². The first-order valence-electron chi connectivity index (χ1n) is 5.61. The highest BCUT2D eigenvalue weighted by molar-refractivity contribution is 7.92. The zero-order valence-corrected chi connectivity index (χ0v) is 11.8. The molecule has 0 aromatic rings. The van der Waals surface area contributed by atoms with Crippen molar-refractivity contribution in [2.24, 2.45) is 0 Å². The van der Waals surface area contributed by atoms with Crippen LogP contribution in [0.25, 0.3) is 0 Å². The first-order valence-corrected chi connectivity index (χ1v) is 7.32. The largest absolute Gasteiger partial charge is 0.480 e. The molecule has 0 bridgehead atoms. The van der Waals surface area contributed by atoms with E-state index in [1.807, 2.05) is 5.32 Å². The zero-order chi connectivity index (χ0) is 15.2. The first kappa shape index (κ1) is 17.4. The summed E-state index contributed by atoms with van der Waals surface area (Å²) in [5.74, 6) is -3.66. The van der Waals surface area contributed by atoms with Crippen molar-refractivity contribution < 1.29 is 27.9 Å². The molecule has 0 spiro atoms. The second-order valence-corrected chi connectivity index (χ2v) is 6.32. The van der Waals surface area contributed by atoms with Crippen molar-refractivity contribution in [3.8, 4) is 0 Å². The maximum Gasteiger partial charge on any atom is 0.327 e. The van der Waals surface area contributed by atoms with Crippen LogP contribution in [-0.4, -0.2) is 54.9 Å². The lowest BCUT2D eigenvalue weighted by atomic mass is 10.3. The van der Waals surface area contributed by atoms with Crippen LogP contribution in [0.1, 0.15) is 20.8 Å². The summed E-state index contributed by atoms with van der Waals surface area (Å²) in [5, 5.41) is 11.8. The third-order valence-electron chi connectivity index (χ3n) is 2.33. The fourth-order valence-corrected chi connectivity index (χ4v) is 2.67. The molecular weight excluding hydrogens is 276 g/mol. The number of hydrogen-bond donors (Lipinski definition) is 3. The lowest BCUT2D eigenvalue weighted by Crippen LogP contribution is -2.48. The van der Waals surface area contributed by atoms with Crippen LogP contribution in [0, 0.1) is 0 Å². The van der Waals surface area contributed by atoms with Gasteiger partial charge in [0.1, 0.15) is 11.3 Å². The van der Waals surface area contributed by atoms with Crippen molar-refractivity contribution >= 4 is 27.6 Å². The molecule has 3 N–H and O–H groups in total. The van der Waals surface area contributed by atoms with Gasteiger partial charge in [0.15, 0.2) is 9.84 Å². The highest BCUT2D eigenvalue weighted by Gasteiger charge is 2.33. The van der Waals surface area contributed by atoms with Gasteiger partial charge in [-0.1, -0.05) is 0 Å². The Kier molecular flexibility index (Phi) is 6.46. The first-order chi connectivity index (χ1) is 8.61. The topological polar surface area (TPSA) is 130 Å². The standard InChI is InChI=1S/C10H18N2O6S/c1-4-11-9(14)6(2)19(17,18)5-8(10(15)16)12-7(3)13/h6,8H,4-5H2,1-3H3,(H,11,14)(H,12,13)(H,15,16). The summed E-state index contributed by atoms with van der Waals surface area (Å²) in [6.45, 7) is 4.16. The summed E-state index contributed by atoms with van der Waals surface area (Å²) in [4.78, 5) is 33.1. The number of amides is 2. The van der Waals surface area contributed by atoms with E-state index in [1.54, 1.807) is 6.92 Å². The average Bonchev–Trinajstić information content (AvgIpc) is 2.26.